The highest BCUT2D eigenvalue weighted by Gasteiger charge is 2.27. The number of aliphatic hydroxyl groups is 1. The van der Waals surface area contributed by atoms with Crippen LogP contribution in [0, 0.1) is 0 Å². The fourth-order valence-corrected chi connectivity index (χ4v) is 1.82. The van der Waals surface area contributed by atoms with E-state index in [-0.39, 0.29) is 11.9 Å². The molecule has 1 saturated heterocycles. The number of hydrogen-bond acceptors (Lipinski definition) is 3. The Morgan fingerprint density at radius 1 is 1.50 bits per heavy atom. The van der Waals surface area contributed by atoms with Crippen molar-refractivity contribution in [3.8, 4) is 0 Å². The van der Waals surface area contributed by atoms with Crippen molar-refractivity contribution in [1.29, 1.82) is 0 Å². The number of carbonyl (C=O) groups excluding carboxylic acids is 1. The minimum Gasteiger partial charge on any atom is -0.390 e. The Morgan fingerprint density at radius 2 is 2.06 bits per heavy atom. The van der Waals surface area contributed by atoms with Crippen LogP contribution in [0.1, 0.15) is 40.0 Å². The molecule has 0 aromatic rings. The standard InChI is InChI=1S/C12H24N2O2/c1-4-10(2)13-11(15)9-14-7-5-12(3,16)6-8-14/h10,16H,4-9H2,1-3H3,(H,13,15). The summed E-state index contributed by atoms with van der Waals surface area (Å²) in [5.41, 5.74) is -0.538. The fourth-order valence-electron chi connectivity index (χ4n) is 1.82. The second-order valence-corrected chi connectivity index (χ2v) is 5.15. The van der Waals surface area contributed by atoms with Crippen molar-refractivity contribution >= 4 is 5.91 Å². The summed E-state index contributed by atoms with van der Waals surface area (Å²) in [5.74, 6) is 0.0934. The highest BCUT2D eigenvalue weighted by Crippen LogP contribution is 2.20. The first-order chi connectivity index (χ1) is 7.43. The summed E-state index contributed by atoms with van der Waals surface area (Å²) in [6, 6.07) is 0.250. The number of nitrogens with one attached hydrogen (secondary N) is 1. The van der Waals surface area contributed by atoms with E-state index >= 15 is 0 Å². The molecule has 4 heteroatoms. The summed E-state index contributed by atoms with van der Waals surface area (Å²) in [6.45, 7) is 8.01. The lowest BCUT2D eigenvalue weighted by atomic mass is 9.94. The van der Waals surface area contributed by atoms with Gasteiger partial charge in [-0.1, -0.05) is 6.92 Å². The maximum absolute atomic E-state index is 11.6. The van der Waals surface area contributed by atoms with Gasteiger partial charge in [-0.2, -0.15) is 0 Å². The molecule has 0 radical (unpaired) electrons. The zero-order valence-electron chi connectivity index (χ0n) is 10.6. The Kier molecular flexibility index (Phi) is 4.74. The van der Waals surface area contributed by atoms with E-state index in [4.69, 9.17) is 0 Å². The molecule has 0 spiro atoms. The Balaban J connectivity index is 2.26. The zero-order chi connectivity index (χ0) is 12.2. The van der Waals surface area contributed by atoms with Crippen LogP contribution in [-0.4, -0.2) is 47.2 Å². The van der Waals surface area contributed by atoms with Crippen LogP contribution in [0.15, 0.2) is 0 Å². The molecule has 4 nitrogen and oxygen atoms in total. The lowest BCUT2D eigenvalue weighted by Crippen LogP contribution is -2.47. The third-order valence-electron chi connectivity index (χ3n) is 3.32. The third kappa shape index (κ3) is 4.49. The summed E-state index contributed by atoms with van der Waals surface area (Å²) in [5, 5.41) is 12.7. The maximum atomic E-state index is 11.6. The van der Waals surface area contributed by atoms with Gasteiger partial charge in [-0.25, -0.2) is 0 Å². The minimum atomic E-state index is -0.538. The molecule has 1 heterocycles. The van der Waals surface area contributed by atoms with E-state index in [2.05, 4.69) is 17.1 Å². The molecule has 0 saturated carbocycles. The lowest BCUT2D eigenvalue weighted by Gasteiger charge is -2.35. The van der Waals surface area contributed by atoms with Gasteiger partial charge in [0.1, 0.15) is 0 Å². The molecule has 0 aromatic carbocycles. The van der Waals surface area contributed by atoms with E-state index in [0.717, 1.165) is 32.4 Å². The van der Waals surface area contributed by atoms with Gasteiger partial charge in [-0.05, 0) is 33.1 Å². The summed E-state index contributed by atoms with van der Waals surface area (Å²) < 4.78 is 0. The predicted octanol–water partition coefficient (Wildman–Crippen LogP) is 0.748. The van der Waals surface area contributed by atoms with Crippen LogP contribution in [-0.2, 0) is 4.79 Å². The molecule has 1 unspecified atom stereocenters. The van der Waals surface area contributed by atoms with Crippen molar-refractivity contribution in [2.75, 3.05) is 19.6 Å². The largest absolute Gasteiger partial charge is 0.390 e. The highest BCUT2D eigenvalue weighted by molar-refractivity contribution is 5.78. The third-order valence-corrected chi connectivity index (χ3v) is 3.32. The van der Waals surface area contributed by atoms with Crippen molar-refractivity contribution in [1.82, 2.24) is 10.2 Å². The van der Waals surface area contributed by atoms with Crippen LogP contribution < -0.4 is 5.32 Å². The average molecular weight is 228 g/mol. The van der Waals surface area contributed by atoms with E-state index in [1.54, 1.807) is 0 Å². The normalized spacial score (nSPS) is 22.8. The highest BCUT2D eigenvalue weighted by atomic mass is 16.3. The smallest absolute Gasteiger partial charge is 0.234 e. The number of carbonyl (C=O) groups is 1. The van der Waals surface area contributed by atoms with Gasteiger partial charge in [0.05, 0.1) is 12.1 Å². The van der Waals surface area contributed by atoms with E-state index in [0.29, 0.717) is 6.54 Å². The molecule has 16 heavy (non-hydrogen) atoms. The second-order valence-electron chi connectivity index (χ2n) is 5.15. The second kappa shape index (κ2) is 5.64. The van der Waals surface area contributed by atoms with Crippen LogP contribution in [0.25, 0.3) is 0 Å². The van der Waals surface area contributed by atoms with Crippen molar-refractivity contribution < 1.29 is 9.90 Å². The molecule has 1 aliphatic rings. The number of likely N-dealkylation sites (tertiary alicyclic amines) is 1. The number of nitrogens with zero attached hydrogens (tertiary/aromatic N) is 1. The van der Waals surface area contributed by atoms with Crippen molar-refractivity contribution in [2.45, 2.75) is 51.7 Å². The molecule has 94 valence electrons. The fraction of sp³-hybridized carbons (Fsp3) is 0.917. The van der Waals surface area contributed by atoms with Gasteiger partial charge in [-0.3, -0.25) is 9.69 Å². The van der Waals surface area contributed by atoms with E-state index in [9.17, 15) is 9.90 Å². The molecule has 1 rings (SSSR count). The van der Waals surface area contributed by atoms with Crippen LogP contribution in [0.3, 0.4) is 0 Å². The molecule has 1 aliphatic heterocycles. The van der Waals surface area contributed by atoms with Gasteiger partial charge in [-0.15, -0.1) is 0 Å². The number of piperidine rings is 1. The molecular weight excluding hydrogens is 204 g/mol. The summed E-state index contributed by atoms with van der Waals surface area (Å²) in [7, 11) is 0. The number of hydrogen-bond donors (Lipinski definition) is 2. The predicted molar refractivity (Wildman–Crippen MR) is 64.2 cm³/mol. The van der Waals surface area contributed by atoms with Crippen LogP contribution in [0.2, 0.25) is 0 Å². The van der Waals surface area contributed by atoms with Crippen LogP contribution in [0.5, 0.6) is 0 Å². The van der Waals surface area contributed by atoms with Gasteiger partial charge in [0, 0.05) is 19.1 Å². The molecule has 1 amide bonds. The minimum absolute atomic E-state index is 0.0934. The molecule has 2 N–H and O–H groups in total. The molecule has 1 atom stereocenters. The number of amides is 1. The molecule has 0 aliphatic carbocycles. The van der Waals surface area contributed by atoms with E-state index in [1.165, 1.54) is 0 Å². The van der Waals surface area contributed by atoms with E-state index < -0.39 is 5.60 Å². The van der Waals surface area contributed by atoms with Crippen molar-refractivity contribution in [3.05, 3.63) is 0 Å². The summed E-state index contributed by atoms with van der Waals surface area (Å²) >= 11 is 0. The van der Waals surface area contributed by atoms with Crippen LogP contribution in [0.4, 0.5) is 0 Å². The molecule has 0 bridgehead atoms. The first-order valence-electron chi connectivity index (χ1n) is 6.17. The zero-order valence-corrected chi connectivity index (χ0v) is 10.6. The Bertz CT molecular complexity index is 231. The molecular formula is C12H24N2O2. The lowest BCUT2D eigenvalue weighted by molar-refractivity contribution is -0.124. The topological polar surface area (TPSA) is 52.6 Å². The molecule has 1 fully saturated rings. The Hall–Kier alpha value is -0.610. The van der Waals surface area contributed by atoms with Crippen molar-refractivity contribution in [2.24, 2.45) is 0 Å². The quantitative estimate of drug-likeness (QED) is 0.746. The summed E-state index contributed by atoms with van der Waals surface area (Å²) in [4.78, 5) is 13.7. The number of rotatable bonds is 4. The summed E-state index contributed by atoms with van der Waals surface area (Å²) in [6.07, 6.45) is 2.47. The van der Waals surface area contributed by atoms with Gasteiger partial charge in [0.2, 0.25) is 5.91 Å². The first-order valence-corrected chi connectivity index (χ1v) is 6.17. The van der Waals surface area contributed by atoms with Gasteiger partial charge >= 0.3 is 0 Å². The van der Waals surface area contributed by atoms with Gasteiger partial charge < -0.3 is 10.4 Å². The van der Waals surface area contributed by atoms with Gasteiger partial charge in [0.25, 0.3) is 0 Å². The van der Waals surface area contributed by atoms with Crippen molar-refractivity contribution in [3.63, 3.8) is 0 Å². The first kappa shape index (κ1) is 13.5. The van der Waals surface area contributed by atoms with Gasteiger partial charge in [0.15, 0.2) is 0 Å². The molecule has 0 aromatic heterocycles. The maximum Gasteiger partial charge on any atom is 0.234 e. The Labute approximate surface area is 98.0 Å². The monoisotopic (exact) mass is 228 g/mol. The van der Waals surface area contributed by atoms with Crippen LogP contribution >= 0.6 is 0 Å². The van der Waals surface area contributed by atoms with E-state index in [1.807, 2.05) is 13.8 Å². The Morgan fingerprint density at radius 3 is 2.56 bits per heavy atom. The average Bonchev–Trinajstić information content (AvgIpc) is 2.21. The SMILES string of the molecule is CCC(C)NC(=O)CN1CCC(C)(O)CC1.